The van der Waals surface area contributed by atoms with Gasteiger partial charge in [0.1, 0.15) is 0 Å². The van der Waals surface area contributed by atoms with Gasteiger partial charge in [0.25, 0.3) is 5.91 Å². The lowest BCUT2D eigenvalue weighted by Crippen LogP contribution is -2.65. The molecule has 0 aromatic heterocycles. The molecule has 6 rings (SSSR count). The van der Waals surface area contributed by atoms with Crippen LogP contribution in [0.4, 0.5) is 0 Å². The smallest absolute Gasteiger partial charge is 0.404 e. The Morgan fingerprint density at radius 2 is 1.97 bits per heavy atom. The van der Waals surface area contributed by atoms with Crippen LogP contribution in [-0.4, -0.2) is 54.6 Å². The van der Waals surface area contributed by atoms with E-state index in [1.54, 1.807) is 12.1 Å². The number of likely N-dealkylation sites (tertiary alicyclic amines) is 1. The van der Waals surface area contributed by atoms with Crippen molar-refractivity contribution in [1.29, 1.82) is 0 Å². The maximum absolute atomic E-state index is 12.9. The zero-order valence-corrected chi connectivity index (χ0v) is 18.1. The zero-order valence-electron chi connectivity index (χ0n) is 18.1. The Kier molecular flexibility index (Phi) is 4.75. The third-order valence-electron chi connectivity index (χ3n) is 8.34. The Morgan fingerprint density at radius 3 is 2.70 bits per heavy atom. The summed E-state index contributed by atoms with van der Waals surface area (Å²) in [5.74, 6) is 0.841. The second kappa shape index (κ2) is 7.09. The summed E-state index contributed by atoms with van der Waals surface area (Å²) in [6.45, 7) is 7.60. The van der Waals surface area contributed by atoms with Crippen molar-refractivity contribution in [2.24, 2.45) is 17.3 Å². The van der Waals surface area contributed by atoms with E-state index in [2.05, 4.69) is 26.1 Å². The fraction of sp³-hybridized carbons (Fsp3) is 0.652. The highest BCUT2D eigenvalue weighted by molar-refractivity contribution is 6.48. The van der Waals surface area contributed by atoms with Crippen LogP contribution in [0.2, 0.25) is 0 Å². The van der Waals surface area contributed by atoms with E-state index in [4.69, 9.17) is 9.31 Å². The Hall–Kier alpha value is -1.86. The van der Waals surface area contributed by atoms with Gasteiger partial charge >= 0.3 is 7.12 Å². The van der Waals surface area contributed by atoms with Crippen molar-refractivity contribution in [3.8, 4) is 0 Å². The Labute approximate surface area is 178 Å². The zero-order chi connectivity index (χ0) is 21.1. The molecule has 5 fully saturated rings. The number of amides is 2. The maximum atomic E-state index is 12.9. The largest absolute Gasteiger partial charge is 0.481 e. The summed E-state index contributed by atoms with van der Waals surface area (Å²) in [6.07, 6.45) is 4.20. The lowest BCUT2D eigenvalue weighted by atomic mass is 9.43. The third kappa shape index (κ3) is 3.01. The number of hydrogen-bond acceptors (Lipinski definition) is 4. The number of nitrogens with zero attached hydrogens (tertiary/aromatic N) is 1. The molecule has 3 aliphatic carbocycles. The van der Waals surface area contributed by atoms with Crippen LogP contribution in [0, 0.1) is 17.3 Å². The van der Waals surface area contributed by atoms with Gasteiger partial charge in [-0.15, -0.1) is 0 Å². The summed E-state index contributed by atoms with van der Waals surface area (Å²) in [7, 11) is -0.369. The van der Waals surface area contributed by atoms with Crippen molar-refractivity contribution in [3.05, 3.63) is 35.9 Å². The molecule has 30 heavy (non-hydrogen) atoms. The van der Waals surface area contributed by atoms with Gasteiger partial charge in [-0.3, -0.25) is 9.59 Å². The molecule has 5 aliphatic rings. The predicted octanol–water partition coefficient (Wildman–Crippen LogP) is 2.67. The minimum Gasteiger partial charge on any atom is -0.404 e. The van der Waals surface area contributed by atoms with E-state index in [9.17, 15) is 9.59 Å². The number of benzene rings is 1. The van der Waals surface area contributed by atoms with Crippen LogP contribution in [0.5, 0.6) is 0 Å². The molecule has 1 aromatic carbocycles. The van der Waals surface area contributed by atoms with E-state index in [1.165, 1.54) is 6.42 Å². The molecule has 5 atom stereocenters. The van der Waals surface area contributed by atoms with Gasteiger partial charge in [-0.2, -0.15) is 0 Å². The normalized spacial score (nSPS) is 36.2. The van der Waals surface area contributed by atoms with Gasteiger partial charge in [0.15, 0.2) is 0 Å². The number of carbonyl (C=O) groups excluding carboxylic acids is 2. The lowest BCUT2D eigenvalue weighted by molar-refractivity contribution is -0.199. The molecule has 2 heterocycles. The van der Waals surface area contributed by atoms with Crippen LogP contribution < -0.4 is 5.32 Å². The first-order valence-corrected chi connectivity index (χ1v) is 11.3. The van der Waals surface area contributed by atoms with Crippen LogP contribution in [0.1, 0.15) is 56.8 Å². The fourth-order valence-electron chi connectivity index (χ4n) is 6.40. The highest BCUT2D eigenvalue weighted by atomic mass is 16.7. The van der Waals surface area contributed by atoms with Crippen molar-refractivity contribution in [1.82, 2.24) is 10.2 Å². The molecular formula is C23H31BN2O4. The lowest BCUT2D eigenvalue weighted by Gasteiger charge is -2.64. The molecular weight excluding hydrogens is 379 g/mol. The molecule has 0 radical (unpaired) electrons. The molecule has 2 saturated heterocycles. The van der Waals surface area contributed by atoms with Crippen LogP contribution in [0.15, 0.2) is 30.3 Å². The monoisotopic (exact) mass is 410 g/mol. The number of hydrogen-bond donors (Lipinski definition) is 1. The van der Waals surface area contributed by atoms with E-state index in [0.29, 0.717) is 29.4 Å². The Balaban J connectivity index is 1.23. The fourth-order valence-corrected chi connectivity index (χ4v) is 6.40. The molecule has 2 amide bonds. The summed E-state index contributed by atoms with van der Waals surface area (Å²) < 4.78 is 13.0. The maximum Gasteiger partial charge on any atom is 0.481 e. The van der Waals surface area contributed by atoms with Gasteiger partial charge in [0, 0.05) is 12.1 Å². The minimum atomic E-state index is -0.369. The molecule has 2 aliphatic heterocycles. The van der Waals surface area contributed by atoms with E-state index >= 15 is 0 Å². The van der Waals surface area contributed by atoms with Crippen LogP contribution in [0.3, 0.4) is 0 Å². The van der Waals surface area contributed by atoms with Crippen molar-refractivity contribution in [2.45, 2.75) is 64.1 Å². The molecule has 3 saturated carbocycles. The highest BCUT2D eigenvalue weighted by Crippen LogP contribution is 2.65. The molecule has 1 N–H and O–H groups in total. The van der Waals surface area contributed by atoms with E-state index < -0.39 is 0 Å². The SMILES string of the molecule is CC12OB(C3CCCN3C(=O)CNC(=O)c3ccccc3)OC1C[C@H]1CC2C1(C)C. The Bertz CT molecular complexity index is 847. The number of rotatable bonds is 4. The summed E-state index contributed by atoms with van der Waals surface area (Å²) >= 11 is 0. The van der Waals surface area contributed by atoms with Crippen molar-refractivity contribution in [2.75, 3.05) is 13.1 Å². The molecule has 4 unspecified atom stereocenters. The van der Waals surface area contributed by atoms with Crippen molar-refractivity contribution < 1.29 is 18.9 Å². The number of nitrogens with one attached hydrogen (secondary N) is 1. The molecule has 6 nitrogen and oxygen atoms in total. The van der Waals surface area contributed by atoms with Gasteiger partial charge in [-0.25, -0.2) is 0 Å². The Morgan fingerprint density at radius 1 is 1.20 bits per heavy atom. The number of carbonyl (C=O) groups is 2. The van der Waals surface area contributed by atoms with Gasteiger partial charge in [0.2, 0.25) is 5.91 Å². The quantitative estimate of drug-likeness (QED) is 0.776. The first kappa shape index (κ1) is 20.1. The van der Waals surface area contributed by atoms with Crippen molar-refractivity contribution in [3.63, 3.8) is 0 Å². The molecule has 2 bridgehead atoms. The van der Waals surface area contributed by atoms with E-state index in [0.717, 1.165) is 19.3 Å². The highest BCUT2D eigenvalue weighted by Gasteiger charge is 2.69. The third-order valence-corrected chi connectivity index (χ3v) is 8.34. The first-order chi connectivity index (χ1) is 14.3. The summed E-state index contributed by atoms with van der Waals surface area (Å²) in [4.78, 5) is 27.1. The van der Waals surface area contributed by atoms with Crippen molar-refractivity contribution >= 4 is 18.9 Å². The molecule has 7 heteroatoms. The van der Waals surface area contributed by atoms with Gasteiger partial charge < -0.3 is 19.5 Å². The van der Waals surface area contributed by atoms with E-state index in [-0.39, 0.29) is 43.1 Å². The predicted molar refractivity (Wildman–Crippen MR) is 114 cm³/mol. The second-order valence-corrected chi connectivity index (χ2v) is 10.2. The first-order valence-electron chi connectivity index (χ1n) is 11.3. The average molecular weight is 410 g/mol. The van der Waals surface area contributed by atoms with Gasteiger partial charge in [-0.1, -0.05) is 32.0 Å². The minimum absolute atomic E-state index is 0.00459. The standard InChI is InChI=1S/C23H31BN2O4/c1-22(2)16-12-17(22)23(3)18(13-16)29-24(30-23)19-10-7-11-26(19)20(27)14-25-21(28)15-8-5-4-6-9-15/h4-6,8-9,16-19H,7,10-14H2,1-3H3,(H,25,28)/t16-,17?,18?,19?,23?/m1/s1. The van der Waals surface area contributed by atoms with Crippen LogP contribution >= 0.6 is 0 Å². The molecule has 1 aromatic rings. The molecule has 160 valence electrons. The van der Waals surface area contributed by atoms with Gasteiger partial charge in [-0.05, 0) is 62.0 Å². The summed E-state index contributed by atoms with van der Waals surface area (Å²) in [5.41, 5.74) is 0.599. The van der Waals surface area contributed by atoms with E-state index in [1.807, 2.05) is 23.1 Å². The van der Waals surface area contributed by atoms with Crippen LogP contribution in [-0.2, 0) is 14.1 Å². The molecule has 0 spiro atoms. The average Bonchev–Trinajstić information content (AvgIpc) is 3.35. The van der Waals surface area contributed by atoms with Crippen LogP contribution in [0.25, 0.3) is 0 Å². The van der Waals surface area contributed by atoms with Gasteiger partial charge in [0.05, 0.1) is 24.2 Å². The summed E-state index contributed by atoms with van der Waals surface area (Å²) in [6, 6.07) is 8.98. The second-order valence-electron chi connectivity index (χ2n) is 10.2. The summed E-state index contributed by atoms with van der Waals surface area (Å²) in [5, 5.41) is 2.76. The topological polar surface area (TPSA) is 67.9 Å².